The van der Waals surface area contributed by atoms with E-state index >= 15 is 0 Å². The van der Waals surface area contributed by atoms with E-state index in [-0.39, 0.29) is 0 Å². The molecule has 0 amide bonds. The Morgan fingerprint density at radius 2 is 1.70 bits per heavy atom. The van der Waals surface area contributed by atoms with Gasteiger partial charge in [0.05, 0.1) is 0 Å². The second-order valence-electron chi connectivity index (χ2n) is 6.05. The Hall–Kier alpha value is -1.06. The molecule has 3 heteroatoms. The van der Waals surface area contributed by atoms with Gasteiger partial charge in [-0.05, 0) is 57.8 Å². The first-order valence-corrected chi connectivity index (χ1v) is 7.67. The highest BCUT2D eigenvalue weighted by Gasteiger charge is 2.15. The van der Waals surface area contributed by atoms with Gasteiger partial charge in [0.2, 0.25) is 0 Å². The van der Waals surface area contributed by atoms with Crippen molar-refractivity contribution in [2.75, 3.05) is 26.2 Å². The largest absolute Gasteiger partial charge is 0.490 e. The zero-order chi connectivity index (χ0) is 14.5. The summed E-state index contributed by atoms with van der Waals surface area (Å²) >= 11 is 0. The van der Waals surface area contributed by atoms with Gasteiger partial charge in [0, 0.05) is 6.54 Å². The lowest BCUT2D eigenvalue weighted by Gasteiger charge is -2.28. The third kappa shape index (κ3) is 4.22. The van der Waals surface area contributed by atoms with Crippen LogP contribution in [0, 0.1) is 20.8 Å². The normalized spacial score (nSPS) is 18.0. The van der Waals surface area contributed by atoms with Crippen LogP contribution in [0.25, 0.3) is 0 Å². The number of hydrogen-bond acceptors (Lipinski definition) is 3. The van der Waals surface area contributed by atoms with E-state index in [9.17, 15) is 5.11 Å². The lowest BCUT2D eigenvalue weighted by molar-refractivity contribution is 0.0613. The molecule has 1 aliphatic rings. The standard InChI is InChI=1S/C17H27NO2/c1-13-9-14(2)17(15(3)10-13)20-12-16(19)11-18-7-5-4-6-8-18/h9-10,16,19H,4-8,11-12H2,1-3H3/t16-/m0/s1. The fraction of sp³-hybridized carbons (Fsp3) is 0.647. The highest BCUT2D eigenvalue weighted by molar-refractivity contribution is 5.42. The molecular formula is C17H27NO2. The molecule has 0 aromatic heterocycles. The van der Waals surface area contributed by atoms with Crippen molar-refractivity contribution in [3.05, 3.63) is 28.8 Å². The number of likely N-dealkylation sites (tertiary alicyclic amines) is 1. The molecule has 1 heterocycles. The van der Waals surface area contributed by atoms with Crippen molar-refractivity contribution < 1.29 is 9.84 Å². The predicted octanol–water partition coefficient (Wildman–Crippen LogP) is 2.84. The van der Waals surface area contributed by atoms with Crippen LogP contribution in [0.3, 0.4) is 0 Å². The zero-order valence-corrected chi connectivity index (χ0v) is 13.0. The summed E-state index contributed by atoms with van der Waals surface area (Å²) in [5, 5.41) is 10.1. The third-order valence-corrected chi connectivity index (χ3v) is 3.94. The number of aryl methyl sites for hydroxylation is 3. The SMILES string of the molecule is Cc1cc(C)c(OC[C@@H](O)CN2CCCCC2)c(C)c1. The van der Waals surface area contributed by atoms with Crippen molar-refractivity contribution in [3.8, 4) is 5.75 Å². The summed E-state index contributed by atoms with van der Waals surface area (Å²) in [6, 6.07) is 4.25. The molecule has 2 rings (SSSR count). The van der Waals surface area contributed by atoms with Crippen LogP contribution in [-0.4, -0.2) is 42.4 Å². The van der Waals surface area contributed by atoms with E-state index < -0.39 is 6.10 Å². The summed E-state index contributed by atoms with van der Waals surface area (Å²) in [5.74, 6) is 0.924. The van der Waals surface area contributed by atoms with Gasteiger partial charge < -0.3 is 14.7 Å². The van der Waals surface area contributed by atoms with E-state index in [0.717, 1.165) is 36.5 Å². The number of aliphatic hydroxyl groups is 1. The third-order valence-electron chi connectivity index (χ3n) is 3.94. The van der Waals surface area contributed by atoms with Gasteiger partial charge >= 0.3 is 0 Å². The van der Waals surface area contributed by atoms with Crippen LogP contribution in [0.1, 0.15) is 36.0 Å². The maximum atomic E-state index is 10.1. The lowest BCUT2D eigenvalue weighted by Crippen LogP contribution is -2.38. The molecule has 20 heavy (non-hydrogen) atoms. The minimum atomic E-state index is -0.409. The first kappa shape index (κ1) is 15.3. The summed E-state index contributed by atoms with van der Waals surface area (Å²) < 4.78 is 5.85. The van der Waals surface area contributed by atoms with Gasteiger partial charge in [-0.3, -0.25) is 0 Å². The number of rotatable bonds is 5. The van der Waals surface area contributed by atoms with Crippen LogP contribution < -0.4 is 4.74 Å². The fourth-order valence-electron chi connectivity index (χ4n) is 3.07. The Morgan fingerprint density at radius 1 is 1.10 bits per heavy atom. The Bertz CT molecular complexity index is 416. The molecule has 0 unspecified atom stereocenters. The second-order valence-corrected chi connectivity index (χ2v) is 6.05. The predicted molar refractivity (Wildman–Crippen MR) is 82.4 cm³/mol. The fourth-order valence-corrected chi connectivity index (χ4v) is 3.07. The van der Waals surface area contributed by atoms with Gasteiger partial charge in [-0.1, -0.05) is 24.1 Å². The smallest absolute Gasteiger partial charge is 0.125 e. The van der Waals surface area contributed by atoms with Crippen LogP contribution in [0.4, 0.5) is 0 Å². The molecule has 0 bridgehead atoms. The molecule has 1 aromatic rings. The van der Waals surface area contributed by atoms with Crippen LogP contribution in [0.5, 0.6) is 5.75 Å². The quantitative estimate of drug-likeness (QED) is 0.898. The van der Waals surface area contributed by atoms with Gasteiger partial charge in [-0.15, -0.1) is 0 Å². The van der Waals surface area contributed by atoms with Crippen molar-refractivity contribution in [1.29, 1.82) is 0 Å². The molecule has 1 aliphatic heterocycles. The zero-order valence-electron chi connectivity index (χ0n) is 13.0. The molecule has 1 N–H and O–H groups in total. The van der Waals surface area contributed by atoms with Crippen LogP contribution in [0.15, 0.2) is 12.1 Å². The molecule has 1 aromatic carbocycles. The number of aliphatic hydroxyl groups excluding tert-OH is 1. The van der Waals surface area contributed by atoms with E-state index in [1.54, 1.807) is 0 Å². The maximum Gasteiger partial charge on any atom is 0.125 e. The summed E-state index contributed by atoms with van der Waals surface area (Å²) in [4.78, 5) is 2.34. The van der Waals surface area contributed by atoms with Gasteiger partial charge in [0.1, 0.15) is 18.5 Å². The highest BCUT2D eigenvalue weighted by atomic mass is 16.5. The summed E-state index contributed by atoms with van der Waals surface area (Å²) in [6.45, 7) is 9.54. The van der Waals surface area contributed by atoms with E-state index in [2.05, 4.69) is 37.8 Å². The van der Waals surface area contributed by atoms with Crippen molar-refractivity contribution in [3.63, 3.8) is 0 Å². The molecular weight excluding hydrogens is 250 g/mol. The van der Waals surface area contributed by atoms with E-state index in [1.165, 1.54) is 24.8 Å². The van der Waals surface area contributed by atoms with Crippen molar-refractivity contribution in [1.82, 2.24) is 4.90 Å². The van der Waals surface area contributed by atoms with Crippen molar-refractivity contribution in [2.24, 2.45) is 0 Å². The maximum absolute atomic E-state index is 10.1. The Balaban J connectivity index is 1.85. The minimum absolute atomic E-state index is 0.376. The van der Waals surface area contributed by atoms with Crippen molar-refractivity contribution in [2.45, 2.75) is 46.1 Å². The monoisotopic (exact) mass is 277 g/mol. The molecule has 1 saturated heterocycles. The number of β-amino-alcohol motifs (C(OH)–C–C–N with tert-alkyl or cyclic N) is 1. The second kappa shape index (κ2) is 7.09. The minimum Gasteiger partial charge on any atom is -0.490 e. The molecule has 0 spiro atoms. The summed E-state index contributed by atoms with van der Waals surface area (Å²) in [7, 11) is 0. The molecule has 1 fully saturated rings. The Labute approximate surface area is 122 Å². The van der Waals surface area contributed by atoms with E-state index in [4.69, 9.17) is 4.74 Å². The Kier molecular flexibility index (Phi) is 5.44. The molecule has 112 valence electrons. The average Bonchev–Trinajstić information content (AvgIpc) is 2.38. The molecule has 1 atom stereocenters. The van der Waals surface area contributed by atoms with Gasteiger partial charge in [-0.2, -0.15) is 0 Å². The van der Waals surface area contributed by atoms with Gasteiger partial charge in [-0.25, -0.2) is 0 Å². The number of piperidine rings is 1. The van der Waals surface area contributed by atoms with E-state index in [1.807, 2.05) is 0 Å². The molecule has 0 saturated carbocycles. The van der Waals surface area contributed by atoms with Crippen LogP contribution in [-0.2, 0) is 0 Å². The summed E-state index contributed by atoms with van der Waals surface area (Å²) in [6.07, 6.45) is 3.42. The Morgan fingerprint density at radius 3 is 2.30 bits per heavy atom. The highest BCUT2D eigenvalue weighted by Crippen LogP contribution is 2.24. The topological polar surface area (TPSA) is 32.7 Å². The van der Waals surface area contributed by atoms with Gasteiger partial charge in [0.25, 0.3) is 0 Å². The first-order chi connectivity index (χ1) is 9.56. The molecule has 3 nitrogen and oxygen atoms in total. The lowest BCUT2D eigenvalue weighted by atomic mass is 10.1. The van der Waals surface area contributed by atoms with Crippen LogP contribution in [0.2, 0.25) is 0 Å². The number of benzene rings is 1. The first-order valence-electron chi connectivity index (χ1n) is 7.67. The molecule has 0 radical (unpaired) electrons. The average molecular weight is 277 g/mol. The number of nitrogens with zero attached hydrogens (tertiary/aromatic N) is 1. The summed E-state index contributed by atoms with van der Waals surface area (Å²) in [5.41, 5.74) is 3.54. The van der Waals surface area contributed by atoms with Crippen LogP contribution >= 0.6 is 0 Å². The number of hydrogen-bond donors (Lipinski definition) is 1. The van der Waals surface area contributed by atoms with E-state index in [0.29, 0.717) is 6.61 Å². The van der Waals surface area contributed by atoms with Gasteiger partial charge in [0.15, 0.2) is 0 Å². The number of ether oxygens (including phenoxy) is 1. The van der Waals surface area contributed by atoms with Crippen molar-refractivity contribution >= 4 is 0 Å². The molecule has 0 aliphatic carbocycles.